The smallest absolute Gasteiger partial charge is 0.123 e. The molecule has 0 aliphatic carbocycles. The summed E-state index contributed by atoms with van der Waals surface area (Å²) in [5, 5.41) is 0. The van der Waals surface area contributed by atoms with Crippen molar-refractivity contribution >= 4 is 0 Å². The molecule has 1 aromatic carbocycles. The van der Waals surface area contributed by atoms with Crippen molar-refractivity contribution in [3.8, 4) is 5.75 Å². The van der Waals surface area contributed by atoms with Gasteiger partial charge in [-0.15, -0.1) is 6.58 Å². The lowest BCUT2D eigenvalue weighted by molar-refractivity contribution is 0.287. The molecule has 0 unspecified atom stereocenters. The molecule has 0 radical (unpaired) electrons. The molecule has 0 aliphatic heterocycles. The number of halogens is 1. The Morgan fingerprint density at radius 3 is 2.81 bits per heavy atom. The summed E-state index contributed by atoms with van der Waals surface area (Å²) in [4.78, 5) is 0. The maximum absolute atomic E-state index is 13.0. The Hall–Kier alpha value is -1.31. The Morgan fingerprint density at radius 1 is 1.44 bits per heavy atom. The van der Waals surface area contributed by atoms with Crippen molar-refractivity contribution in [2.45, 2.75) is 26.7 Å². The first kappa shape index (κ1) is 12.8. The largest absolute Gasteiger partial charge is 0.493 e. The van der Waals surface area contributed by atoms with Crippen LogP contribution < -0.4 is 4.74 Å². The van der Waals surface area contributed by atoms with Gasteiger partial charge in [-0.25, -0.2) is 4.39 Å². The molecule has 2 heteroatoms. The molecule has 1 nitrogen and oxygen atoms in total. The number of benzene rings is 1. The van der Waals surface area contributed by atoms with Crippen LogP contribution in [0.15, 0.2) is 30.9 Å². The van der Waals surface area contributed by atoms with Crippen LogP contribution in [0.3, 0.4) is 0 Å². The number of ether oxygens (including phenoxy) is 1. The van der Waals surface area contributed by atoms with Gasteiger partial charge in [0.25, 0.3) is 0 Å². The highest BCUT2D eigenvalue weighted by Gasteiger charge is 2.04. The maximum atomic E-state index is 13.0. The van der Waals surface area contributed by atoms with Crippen molar-refractivity contribution in [1.29, 1.82) is 0 Å². The quantitative estimate of drug-likeness (QED) is 0.661. The van der Waals surface area contributed by atoms with Crippen molar-refractivity contribution in [2.75, 3.05) is 6.61 Å². The molecule has 0 atom stereocenters. The summed E-state index contributed by atoms with van der Waals surface area (Å²) in [6.45, 7) is 8.63. The fraction of sp³-hybridized carbons (Fsp3) is 0.429. The molecule has 1 aromatic rings. The van der Waals surface area contributed by atoms with Crippen LogP contribution in [0.4, 0.5) is 4.39 Å². The lowest BCUT2D eigenvalue weighted by atomic mass is 10.1. The molecule has 0 saturated heterocycles. The summed E-state index contributed by atoms with van der Waals surface area (Å²) in [5.74, 6) is 1.15. The number of hydrogen-bond donors (Lipinski definition) is 0. The highest BCUT2D eigenvalue weighted by Crippen LogP contribution is 2.21. The molecule has 16 heavy (non-hydrogen) atoms. The van der Waals surface area contributed by atoms with Gasteiger partial charge in [-0.1, -0.05) is 19.9 Å². The van der Waals surface area contributed by atoms with E-state index < -0.39 is 0 Å². The normalized spacial score (nSPS) is 10.5. The summed E-state index contributed by atoms with van der Waals surface area (Å²) in [6.07, 6.45) is 3.39. The minimum Gasteiger partial charge on any atom is -0.493 e. The predicted octanol–water partition coefficient (Wildman–Crippen LogP) is 3.98. The average Bonchev–Trinajstić information content (AvgIpc) is 2.21. The Labute approximate surface area is 96.9 Å². The molecule has 0 aliphatic rings. The second kappa shape index (κ2) is 6.31. The number of hydrogen-bond acceptors (Lipinski definition) is 1. The van der Waals surface area contributed by atoms with Crippen LogP contribution >= 0.6 is 0 Å². The molecule has 0 aromatic heterocycles. The van der Waals surface area contributed by atoms with Crippen LogP contribution in [0.5, 0.6) is 5.75 Å². The fourth-order valence-electron chi connectivity index (χ4n) is 1.41. The molecule has 0 bridgehead atoms. The van der Waals surface area contributed by atoms with Gasteiger partial charge in [0.1, 0.15) is 11.6 Å². The van der Waals surface area contributed by atoms with E-state index in [1.165, 1.54) is 12.1 Å². The second-order valence-corrected chi connectivity index (χ2v) is 4.28. The van der Waals surface area contributed by atoms with E-state index in [4.69, 9.17) is 4.74 Å². The first-order valence-electron chi connectivity index (χ1n) is 5.65. The zero-order valence-corrected chi connectivity index (χ0v) is 10.0. The molecule has 0 saturated carbocycles. The summed E-state index contributed by atoms with van der Waals surface area (Å²) < 4.78 is 18.7. The maximum Gasteiger partial charge on any atom is 0.123 e. The van der Waals surface area contributed by atoms with Gasteiger partial charge in [-0.05, 0) is 37.0 Å². The molecule has 88 valence electrons. The van der Waals surface area contributed by atoms with E-state index in [0.29, 0.717) is 18.9 Å². The Balaban J connectivity index is 2.66. The van der Waals surface area contributed by atoms with Crippen LogP contribution in [0, 0.1) is 11.7 Å². The molecule has 0 spiro atoms. The molecule has 0 amide bonds. The first-order chi connectivity index (χ1) is 7.63. The summed E-state index contributed by atoms with van der Waals surface area (Å²) in [6, 6.07) is 4.62. The highest BCUT2D eigenvalue weighted by molar-refractivity contribution is 5.35. The van der Waals surface area contributed by atoms with Crippen LogP contribution in [0.2, 0.25) is 0 Å². The third-order valence-corrected chi connectivity index (χ3v) is 2.34. The molecular formula is C14H19FO. The summed E-state index contributed by atoms with van der Waals surface area (Å²) >= 11 is 0. The number of rotatable bonds is 6. The fourth-order valence-corrected chi connectivity index (χ4v) is 1.41. The third kappa shape index (κ3) is 4.05. The third-order valence-electron chi connectivity index (χ3n) is 2.34. The van der Waals surface area contributed by atoms with Crippen molar-refractivity contribution in [3.05, 3.63) is 42.2 Å². The van der Waals surface area contributed by atoms with Crippen molar-refractivity contribution in [3.63, 3.8) is 0 Å². The molecule has 0 heterocycles. The van der Waals surface area contributed by atoms with Gasteiger partial charge in [0.15, 0.2) is 0 Å². The van der Waals surface area contributed by atoms with Gasteiger partial charge in [0.2, 0.25) is 0 Å². The van der Waals surface area contributed by atoms with Gasteiger partial charge in [0.05, 0.1) is 6.61 Å². The van der Waals surface area contributed by atoms with Crippen molar-refractivity contribution < 1.29 is 9.13 Å². The average molecular weight is 222 g/mol. The van der Waals surface area contributed by atoms with Crippen LogP contribution in [-0.4, -0.2) is 6.61 Å². The molecule has 1 rings (SSSR count). The van der Waals surface area contributed by atoms with E-state index in [2.05, 4.69) is 20.4 Å². The van der Waals surface area contributed by atoms with E-state index in [1.54, 1.807) is 12.1 Å². The van der Waals surface area contributed by atoms with Gasteiger partial charge >= 0.3 is 0 Å². The second-order valence-electron chi connectivity index (χ2n) is 4.28. The van der Waals surface area contributed by atoms with Crippen molar-refractivity contribution in [2.24, 2.45) is 5.92 Å². The summed E-state index contributed by atoms with van der Waals surface area (Å²) in [5.41, 5.74) is 0.860. The topological polar surface area (TPSA) is 9.23 Å². The van der Waals surface area contributed by atoms with E-state index in [0.717, 1.165) is 17.7 Å². The minimum absolute atomic E-state index is 0.229. The Morgan fingerprint density at radius 2 is 2.19 bits per heavy atom. The molecule has 0 N–H and O–H groups in total. The first-order valence-corrected chi connectivity index (χ1v) is 5.65. The zero-order chi connectivity index (χ0) is 12.0. The monoisotopic (exact) mass is 222 g/mol. The van der Waals surface area contributed by atoms with E-state index in [-0.39, 0.29) is 5.82 Å². The number of allylic oxidation sites excluding steroid dienone is 1. The van der Waals surface area contributed by atoms with E-state index >= 15 is 0 Å². The molecular weight excluding hydrogens is 203 g/mol. The summed E-state index contributed by atoms with van der Waals surface area (Å²) in [7, 11) is 0. The zero-order valence-electron chi connectivity index (χ0n) is 10.0. The standard InChI is InChI=1S/C14H19FO/c1-4-5-12-10-13(15)6-7-14(12)16-9-8-11(2)3/h4,6-7,10-11H,1,5,8-9H2,2-3H3. The molecule has 0 fully saturated rings. The SMILES string of the molecule is C=CCc1cc(F)ccc1OCCC(C)C. The predicted molar refractivity (Wildman–Crippen MR) is 65.3 cm³/mol. The van der Waals surface area contributed by atoms with Crippen LogP contribution in [0.25, 0.3) is 0 Å². The van der Waals surface area contributed by atoms with Crippen molar-refractivity contribution in [1.82, 2.24) is 0 Å². The van der Waals surface area contributed by atoms with Gasteiger partial charge in [-0.3, -0.25) is 0 Å². The van der Waals surface area contributed by atoms with E-state index in [9.17, 15) is 4.39 Å². The van der Waals surface area contributed by atoms with Gasteiger partial charge in [-0.2, -0.15) is 0 Å². The highest BCUT2D eigenvalue weighted by atomic mass is 19.1. The lowest BCUT2D eigenvalue weighted by Crippen LogP contribution is -2.03. The Bertz CT molecular complexity index is 345. The van der Waals surface area contributed by atoms with Gasteiger partial charge in [0, 0.05) is 5.56 Å². The minimum atomic E-state index is -0.229. The Kier molecular flexibility index (Phi) is 5.03. The lowest BCUT2D eigenvalue weighted by Gasteiger charge is -2.11. The van der Waals surface area contributed by atoms with Crippen LogP contribution in [-0.2, 0) is 6.42 Å². The van der Waals surface area contributed by atoms with Gasteiger partial charge < -0.3 is 4.74 Å². The van der Waals surface area contributed by atoms with E-state index in [1.807, 2.05) is 0 Å². The van der Waals surface area contributed by atoms with Crippen LogP contribution in [0.1, 0.15) is 25.8 Å².